The maximum atomic E-state index is 2.60. The Hall–Kier alpha value is -1.08. The van der Waals surface area contributed by atoms with Gasteiger partial charge in [0, 0.05) is 6.54 Å². The Bertz CT molecular complexity index is 422. The number of hydrogen-bond donors (Lipinski definition) is 0. The SMILES string of the molecule is C(/CN1CCCC1)=C(\c1ccccc1)C1CCCCC1. The van der Waals surface area contributed by atoms with Gasteiger partial charge < -0.3 is 0 Å². The van der Waals surface area contributed by atoms with Crippen LogP contribution in [0.15, 0.2) is 36.4 Å². The molecule has 1 aromatic rings. The van der Waals surface area contributed by atoms with Gasteiger partial charge in [0.1, 0.15) is 0 Å². The number of allylic oxidation sites excluding steroid dienone is 1. The fourth-order valence-corrected chi connectivity index (χ4v) is 3.76. The molecule has 0 spiro atoms. The first kappa shape index (κ1) is 13.9. The Balaban J connectivity index is 1.76. The zero-order valence-electron chi connectivity index (χ0n) is 12.6. The van der Waals surface area contributed by atoms with Crippen LogP contribution in [0.3, 0.4) is 0 Å². The zero-order chi connectivity index (χ0) is 13.6. The van der Waals surface area contributed by atoms with Crippen LogP contribution in [0.4, 0.5) is 0 Å². The summed E-state index contributed by atoms with van der Waals surface area (Å²) in [6.45, 7) is 3.74. The van der Waals surface area contributed by atoms with Gasteiger partial charge in [0.05, 0.1) is 0 Å². The van der Waals surface area contributed by atoms with Crippen LogP contribution in [-0.4, -0.2) is 24.5 Å². The lowest BCUT2D eigenvalue weighted by molar-refractivity contribution is 0.375. The topological polar surface area (TPSA) is 3.24 Å². The number of benzene rings is 1. The molecule has 0 atom stereocenters. The molecule has 1 saturated heterocycles. The van der Waals surface area contributed by atoms with Gasteiger partial charge in [-0.05, 0) is 55.8 Å². The molecule has 1 heteroatoms. The fourth-order valence-electron chi connectivity index (χ4n) is 3.76. The van der Waals surface area contributed by atoms with Gasteiger partial charge in [0.15, 0.2) is 0 Å². The second kappa shape index (κ2) is 7.08. The van der Waals surface area contributed by atoms with Crippen molar-refractivity contribution in [1.82, 2.24) is 4.90 Å². The normalized spacial score (nSPS) is 22.3. The van der Waals surface area contributed by atoms with E-state index in [-0.39, 0.29) is 0 Å². The predicted octanol–water partition coefficient (Wildman–Crippen LogP) is 4.75. The van der Waals surface area contributed by atoms with Crippen LogP contribution in [0, 0.1) is 5.92 Å². The number of nitrogens with zero attached hydrogens (tertiary/aromatic N) is 1. The van der Waals surface area contributed by atoms with E-state index in [1.54, 1.807) is 5.57 Å². The molecule has 1 saturated carbocycles. The van der Waals surface area contributed by atoms with Crippen molar-refractivity contribution in [2.75, 3.05) is 19.6 Å². The van der Waals surface area contributed by atoms with Crippen molar-refractivity contribution in [2.24, 2.45) is 5.92 Å². The zero-order valence-corrected chi connectivity index (χ0v) is 12.6. The standard InChI is InChI=1S/C19H27N/c1-3-9-17(10-4-1)19(18-11-5-2-6-12-18)13-16-20-14-7-8-15-20/h1,3-4,9-10,13,18H,2,5-8,11-12,14-16H2/b19-13-. The molecule has 1 aliphatic heterocycles. The summed E-state index contributed by atoms with van der Waals surface area (Å²) in [7, 11) is 0. The number of hydrogen-bond acceptors (Lipinski definition) is 1. The monoisotopic (exact) mass is 269 g/mol. The molecule has 1 aliphatic carbocycles. The highest BCUT2D eigenvalue weighted by Gasteiger charge is 2.19. The van der Waals surface area contributed by atoms with Gasteiger partial charge in [-0.15, -0.1) is 0 Å². The highest BCUT2D eigenvalue weighted by Crippen LogP contribution is 2.35. The summed E-state index contributed by atoms with van der Waals surface area (Å²) >= 11 is 0. The minimum absolute atomic E-state index is 0.800. The van der Waals surface area contributed by atoms with E-state index in [0.717, 1.165) is 12.5 Å². The van der Waals surface area contributed by atoms with Crippen molar-refractivity contribution in [3.63, 3.8) is 0 Å². The van der Waals surface area contributed by atoms with E-state index in [1.165, 1.54) is 63.6 Å². The van der Waals surface area contributed by atoms with E-state index >= 15 is 0 Å². The first-order chi connectivity index (χ1) is 9.93. The summed E-state index contributed by atoms with van der Waals surface area (Å²) in [5, 5.41) is 0. The van der Waals surface area contributed by atoms with Gasteiger partial charge >= 0.3 is 0 Å². The lowest BCUT2D eigenvalue weighted by Crippen LogP contribution is -2.20. The van der Waals surface area contributed by atoms with Crippen LogP contribution in [0.2, 0.25) is 0 Å². The number of likely N-dealkylation sites (tertiary alicyclic amines) is 1. The number of rotatable bonds is 4. The van der Waals surface area contributed by atoms with Crippen molar-refractivity contribution in [3.8, 4) is 0 Å². The van der Waals surface area contributed by atoms with Crippen LogP contribution < -0.4 is 0 Å². The van der Waals surface area contributed by atoms with Crippen LogP contribution in [0.1, 0.15) is 50.5 Å². The Morgan fingerprint density at radius 1 is 0.950 bits per heavy atom. The minimum Gasteiger partial charge on any atom is -0.300 e. The van der Waals surface area contributed by atoms with Crippen molar-refractivity contribution >= 4 is 5.57 Å². The smallest absolute Gasteiger partial charge is 0.0169 e. The molecule has 0 bridgehead atoms. The third-order valence-electron chi connectivity index (χ3n) is 4.92. The van der Waals surface area contributed by atoms with Gasteiger partial charge in [-0.25, -0.2) is 0 Å². The molecule has 2 fully saturated rings. The molecule has 108 valence electrons. The van der Waals surface area contributed by atoms with Crippen molar-refractivity contribution < 1.29 is 0 Å². The fraction of sp³-hybridized carbons (Fsp3) is 0.579. The third kappa shape index (κ3) is 3.52. The molecule has 0 amide bonds. The van der Waals surface area contributed by atoms with Crippen LogP contribution in [-0.2, 0) is 0 Å². The summed E-state index contributed by atoms with van der Waals surface area (Å²) in [5.74, 6) is 0.800. The highest BCUT2D eigenvalue weighted by atomic mass is 15.1. The van der Waals surface area contributed by atoms with Gasteiger partial charge in [0.2, 0.25) is 0 Å². The second-order valence-electron chi connectivity index (χ2n) is 6.37. The maximum Gasteiger partial charge on any atom is 0.0169 e. The van der Waals surface area contributed by atoms with Crippen LogP contribution in [0.25, 0.3) is 5.57 Å². The summed E-state index contributed by atoms with van der Waals surface area (Å²) in [5.41, 5.74) is 3.08. The molecular formula is C19H27N. The second-order valence-corrected chi connectivity index (χ2v) is 6.37. The van der Waals surface area contributed by atoms with E-state index in [0.29, 0.717) is 0 Å². The maximum absolute atomic E-state index is 2.60. The molecular weight excluding hydrogens is 242 g/mol. The predicted molar refractivity (Wildman–Crippen MR) is 86.7 cm³/mol. The molecule has 3 rings (SSSR count). The average Bonchev–Trinajstić information content (AvgIpc) is 3.03. The summed E-state index contributed by atoms with van der Waals surface area (Å²) in [6, 6.07) is 11.1. The Morgan fingerprint density at radius 2 is 1.65 bits per heavy atom. The summed E-state index contributed by atoms with van der Waals surface area (Å²) < 4.78 is 0. The first-order valence-electron chi connectivity index (χ1n) is 8.41. The Morgan fingerprint density at radius 3 is 2.35 bits per heavy atom. The summed E-state index contributed by atoms with van der Waals surface area (Å²) in [4.78, 5) is 2.60. The van der Waals surface area contributed by atoms with Gasteiger partial charge in [0.25, 0.3) is 0 Å². The van der Waals surface area contributed by atoms with E-state index in [9.17, 15) is 0 Å². The van der Waals surface area contributed by atoms with Crippen molar-refractivity contribution in [2.45, 2.75) is 44.9 Å². The van der Waals surface area contributed by atoms with E-state index in [2.05, 4.69) is 41.3 Å². The molecule has 1 heterocycles. The molecule has 2 aliphatic rings. The molecule has 0 unspecified atom stereocenters. The quantitative estimate of drug-likeness (QED) is 0.762. The lowest BCUT2D eigenvalue weighted by Gasteiger charge is -2.26. The van der Waals surface area contributed by atoms with Crippen molar-refractivity contribution in [1.29, 1.82) is 0 Å². The van der Waals surface area contributed by atoms with Gasteiger partial charge in [-0.3, -0.25) is 4.90 Å². The van der Waals surface area contributed by atoms with Gasteiger partial charge in [-0.1, -0.05) is 55.7 Å². The Labute approximate surface area is 123 Å². The lowest BCUT2D eigenvalue weighted by atomic mass is 9.81. The van der Waals surface area contributed by atoms with Crippen LogP contribution >= 0.6 is 0 Å². The molecule has 1 aromatic carbocycles. The first-order valence-corrected chi connectivity index (χ1v) is 8.41. The molecule has 0 aromatic heterocycles. The van der Waals surface area contributed by atoms with Crippen molar-refractivity contribution in [3.05, 3.63) is 42.0 Å². The highest BCUT2D eigenvalue weighted by molar-refractivity contribution is 5.67. The largest absolute Gasteiger partial charge is 0.300 e. The summed E-state index contributed by atoms with van der Waals surface area (Å²) in [6.07, 6.45) is 12.4. The van der Waals surface area contributed by atoms with Crippen LogP contribution in [0.5, 0.6) is 0 Å². The van der Waals surface area contributed by atoms with E-state index in [4.69, 9.17) is 0 Å². The Kier molecular flexibility index (Phi) is 4.91. The third-order valence-corrected chi connectivity index (χ3v) is 4.92. The minimum atomic E-state index is 0.800. The van der Waals surface area contributed by atoms with E-state index < -0.39 is 0 Å². The molecule has 20 heavy (non-hydrogen) atoms. The average molecular weight is 269 g/mol. The van der Waals surface area contributed by atoms with E-state index in [1.807, 2.05) is 0 Å². The molecule has 1 nitrogen and oxygen atoms in total. The molecule has 0 N–H and O–H groups in total. The molecule has 0 radical (unpaired) electrons. The van der Waals surface area contributed by atoms with Gasteiger partial charge in [-0.2, -0.15) is 0 Å².